The Kier molecular flexibility index (Phi) is 4.75. The molecule has 2 heterocycles. The summed E-state index contributed by atoms with van der Waals surface area (Å²) in [6.07, 6.45) is 0. The first-order valence-electron chi connectivity index (χ1n) is 8.94. The Labute approximate surface area is 165 Å². The van der Waals surface area contributed by atoms with Gasteiger partial charge in [-0.1, -0.05) is 12.1 Å². The third-order valence-corrected chi connectivity index (χ3v) is 4.45. The van der Waals surface area contributed by atoms with E-state index in [0.29, 0.717) is 17.3 Å². The average molecular weight is 393 g/mol. The maximum atomic E-state index is 14.2. The summed E-state index contributed by atoms with van der Waals surface area (Å²) in [5.74, 6) is -0.904. The van der Waals surface area contributed by atoms with Crippen LogP contribution in [-0.4, -0.2) is 25.5 Å². The molecule has 0 aliphatic heterocycles. The molecule has 0 spiro atoms. The van der Waals surface area contributed by atoms with Crippen LogP contribution in [0.1, 0.15) is 27.6 Å². The molecule has 0 aliphatic rings. The zero-order chi connectivity index (χ0) is 20.5. The summed E-state index contributed by atoms with van der Waals surface area (Å²) in [4.78, 5) is 23.2. The van der Waals surface area contributed by atoms with Crippen molar-refractivity contribution in [1.29, 1.82) is 0 Å². The predicted molar refractivity (Wildman–Crippen MR) is 104 cm³/mol. The van der Waals surface area contributed by atoms with Crippen molar-refractivity contribution >= 4 is 17.4 Å². The fourth-order valence-corrected chi connectivity index (χ4v) is 3.10. The van der Waals surface area contributed by atoms with Gasteiger partial charge in [0.05, 0.1) is 12.1 Å². The van der Waals surface area contributed by atoms with Gasteiger partial charge in [0.1, 0.15) is 11.6 Å². The topological polar surface area (TPSA) is 63.4 Å². The van der Waals surface area contributed by atoms with E-state index >= 15 is 0 Å². The van der Waals surface area contributed by atoms with Gasteiger partial charge in [-0.05, 0) is 56.3 Å². The van der Waals surface area contributed by atoms with Gasteiger partial charge in [0.2, 0.25) is 0 Å². The van der Waals surface area contributed by atoms with Crippen LogP contribution in [0, 0.1) is 25.5 Å². The summed E-state index contributed by atoms with van der Waals surface area (Å²) in [5, 5.41) is 4.42. The quantitative estimate of drug-likeness (QED) is 0.528. The monoisotopic (exact) mass is 393 g/mol. The minimum Gasteiger partial charge on any atom is -0.301 e. The van der Waals surface area contributed by atoms with Crippen molar-refractivity contribution in [2.45, 2.75) is 20.4 Å². The number of halogens is 2. The van der Waals surface area contributed by atoms with Crippen molar-refractivity contribution in [3.63, 3.8) is 0 Å². The van der Waals surface area contributed by atoms with E-state index in [-0.39, 0.29) is 12.1 Å². The molecular weight excluding hydrogens is 376 g/mol. The molecule has 0 radical (unpaired) electrons. The number of amides is 1. The molecule has 1 amide bonds. The molecule has 0 aliphatic carbocycles. The molecule has 0 fully saturated rings. The van der Waals surface area contributed by atoms with E-state index in [1.807, 2.05) is 19.9 Å². The summed E-state index contributed by atoms with van der Waals surface area (Å²) in [7, 11) is 0. The van der Waals surface area contributed by atoms with E-state index in [4.69, 9.17) is 0 Å². The summed E-state index contributed by atoms with van der Waals surface area (Å²) >= 11 is 0. The van der Waals surface area contributed by atoms with Crippen LogP contribution in [0.5, 0.6) is 0 Å². The first-order valence-corrected chi connectivity index (χ1v) is 8.94. The number of anilines is 1. The molecular formula is C21H17F2N5O. The standard InChI is InChI=1S/C21H17F2N5O/c1-13-11-14(2)28-21(24-13)25-19(26-28)12-27(16-9-7-15(22)8-10-16)20(29)17-5-3-4-6-18(17)23/h3-11H,12H2,1-2H3. The van der Waals surface area contributed by atoms with Crippen LogP contribution in [0.2, 0.25) is 0 Å². The number of fused-ring (bicyclic) bond motifs is 1. The normalized spacial score (nSPS) is 11.0. The molecule has 0 bridgehead atoms. The highest BCUT2D eigenvalue weighted by molar-refractivity contribution is 6.06. The SMILES string of the molecule is Cc1cc(C)n2nc(CN(C(=O)c3ccccc3F)c3ccc(F)cc3)nc2n1. The lowest BCUT2D eigenvalue weighted by Gasteiger charge is -2.22. The van der Waals surface area contributed by atoms with Crippen molar-refractivity contribution in [3.05, 3.63) is 89.0 Å². The number of aromatic nitrogens is 4. The van der Waals surface area contributed by atoms with Crippen molar-refractivity contribution in [2.24, 2.45) is 0 Å². The molecule has 2 aromatic heterocycles. The Balaban J connectivity index is 1.76. The second-order valence-corrected chi connectivity index (χ2v) is 6.63. The first-order chi connectivity index (χ1) is 13.9. The van der Waals surface area contributed by atoms with Crippen LogP contribution < -0.4 is 4.90 Å². The van der Waals surface area contributed by atoms with E-state index in [1.54, 1.807) is 10.6 Å². The molecule has 0 saturated carbocycles. The molecule has 8 heteroatoms. The van der Waals surface area contributed by atoms with E-state index in [0.717, 1.165) is 11.4 Å². The lowest BCUT2D eigenvalue weighted by molar-refractivity contribution is 0.0980. The Bertz CT molecular complexity index is 1200. The summed E-state index contributed by atoms with van der Waals surface area (Å²) in [5.41, 5.74) is 1.96. The highest BCUT2D eigenvalue weighted by atomic mass is 19.1. The maximum Gasteiger partial charge on any atom is 0.261 e. The van der Waals surface area contributed by atoms with Gasteiger partial charge in [0.25, 0.3) is 11.7 Å². The maximum absolute atomic E-state index is 14.2. The lowest BCUT2D eigenvalue weighted by atomic mass is 10.1. The Morgan fingerprint density at radius 2 is 1.76 bits per heavy atom. The van der Waals surface area contributed by atoms with E-state index in [1.165, 1.54) is 47.4 Å². The van der Waals surface area contributed by atoms with Crippen LogP contribution in [-0.2, 0) is 6.54 Å². The van der Waals surface area contributed by atoms with Crippen molar-refractivity contribution < 1.29 is 13.6 Å². The molecule has 0 atom stereocenters. The largest absolute Gasteiger partial charge is 0.301 e. The van der Waals surface area contributed by atoms with Gasteiger partial charge in [0, 0.05) is 17.1 Å². The second-order valence-electron chi connectivity index (χ2n) is 6.63. The van der Waals surface area contributed by atoms with Gasteiger partial charge in [-0.3, -0.25) is 4.79 Å². The third kappa shape index (κ3) is 3.69. The van der Waals surface area contributed by atoms with E-state index in [9.17, 15) is 13.6 Å². The summed E-state index contributed by atoms with van der Waals surface area (Å²) in [6, 6.07) is 13.0. The van der Waals surface area contributed by atoms with Crippen LogP contribution in [0.4, 0.5) is 14.5 Å². The number of carbonyl (C=O) groups excluding carboxylic acids is 1. The smallest absolute Gasteiger partial charge is 0.261 e. The zero-order valence-electron chi connectivity index (χ0n) is 15.8. The van der Waals surface area contributed by atoms with Crippen molar-refractivity contribution in [2.75, 3.05) is 4.90 Å². The zero-order valence-corrected chi connectivity index (χ0v) is 15.8. The fraction of sp³-hybridized carbons (Fsp3) is 0.143. The second kappa shape index (κ2) is 7.38. The Morgan fingerprint density at radius 1 is 1.03 bits per heavy atom. The van der Waals surface area contributed by atoms with Crippen LogP contribution in [0.15, 0.2) is 54.6 Å². The first kappa shape index (κ1) is 18.7. The highest BCUT2D eigenvalue weighted by Gasteiger charge is 2.23. The highest BCUT2D eigenvalue weighted by Crippen LogP contribution is 2.21. The lowest BCUT2D eigenvalue weighted by Crippen LogP contribution is -2.31. The van der Waals surface area contributed by atoms with Gasteiger partial charge < -0.3 is 4.90 Å². The van der Waals surface area contributed by atoms with Gasteiger partial charge >= 0.3 is 0 Å². The van der Waals surface area contributed by atoms with Gasteiger partial charge in [0.15, 0.2) is 5.82 Å². The van der Waals surface area contributed by atoms with Gasteiger partial charge in [-0.15, -0.1) is 5.10 Å². The predicted octanol–water partition coefficient (Wildman–Crippen LogP) is 3.87. The number of rotatable bonds is 4. The number of hydrogen-bond donors (Lipinski definition) is 0. The van der Waals surface area contributed by atoms with Gasteiger partial charge in [-0.2, -0.15) is 4.98 Å². The molecule has 0 saturated heterocycles. The molecule has 6 nitrogen and oxygen atoms in total. The molecule has 4 aromatic rings. The summed E-state index contributed by atoms with van der Waals surface area (Å²) < 4.78 is 29.2. The number of aryl methyl sites for hydroxylation is 2. The van der Waals surface area contributed by atoms with Crippen LogP contribution >= 0.6 is 0 Å². The number of hydrogen-bond acceptors (Lipinski definition) is 4. The average Bonchev–Trinajstić information content (AvgIpc) is 3.10. The van der Waals surface area contributed by atoms with Crippen molar-refractivity contribution in [1.82, 2.24) is 19.6 Å². The Morgan fingerprint density at radius 3 is 2.48 bits per heavy atom. The van der Waals surface area contributed by atoms with Crippen LogP contribution in [0.25, 0.3) is 5.78 Å². The minimum absolute atomic E-state index is 0.0271. The summed E-state index contributed by atoms with van der Waals surface area (Å²) in [6.45, 7) is 3.71. The minimum atomic E-state index is -0.638. The fourth-order valence-electron chi connectivity index (χ4n) is 3.10. The molecule has 4 rings (SSSR count). The van der Waals surface area contributed by atoms with Gasteiger partial charge in [-0.25, -0.2) is 18.3 Å². The number of benzene rings is 2. The molecule has 0 unspecified atom stereocenters. The number of nitrogens with zero attached hydrogens (tertiary/aromatic N) is 5. The molecule has 0 N–H and O–H groups in total. The van der Waals surface area contributed by atoms with E-state index in [2.05, 4.69) is 15.1 Å². The molecule has 146 valence electrons. The molecule has 2 aromatic carbocycles. The third-order valence-electron chi connectivity index (χ3n) is 4.45. The van der Waals surface area contributed by atoms with E-state index < -0.39 is 17.5 Å². The Hall–Kier alpha value is -3.68. The van der Waals surface area contributed by atoms with Crippen LogP contribution in [0.3, 0.4) is 0 Å². The van der Waals surface area contributed by atoms with Crippen molar-refractivity contribution in [3.8, 4) is 0 Å². The number of carbonyl (C=O) groups is 1. The molecule has 29 heavy (non-hydrogen) atoms.